The van der Waals surface area contributed by atoms with Gasteiger partial charge in [0.1, 0.15) is 23.2 Å². The maximum absolute atomic E-state index is 6.58. The minimum absolute atomic E-state index is 0.311. The molecule has 0 bridgehead atoms. The second kappa shape index (κ2) is 11.6. The van der Waals surface area contributed by atoms with Crippen LogP contribution >= 0.6 is 11.3 Å². The number of nitrogens with one attached hydrogen (secondary N) is 1. The predicted octanol–water partition coefficient (Wildman–Crippen LogP) is 12.0. The maximum Gasteiger partial charge on any atom is 0.159 e. The van der Waals surface area contributed by atoms with E-state index in [0.717, 1.165) is 55.6 Å². The molecule has 0 fully saturated rings. The SMILES string of the molecule is C1=CC2C=Cc3cc(C4=NC(c5ccccc5)NC(c5cccc6oc7cccc(-c8ccc9c(c8)sc8ccccc89)c7c56)=N4)ccc3C2C=C1. The third-order valence-electron chi connectivity index (χ3n) is 10.7. The molecule has 1 N–H and O–H groups in total. The highest BCUT2D eigenvalue weighted by Crippen LogP contribution is 2.42. The first-order chi connectivity index (χ1) is 25.7. The van der Waals surface area contributed by atoms with Gasteiger partial charge in [-0.15, -0.1) is 11.3 Å². The molecule has 246 valence electrons. The number of thiophene rings is 1. The monoisotopic (exact) mass is 685 g/mol. The van der Waals surface area contributed by atoms with E-state index in [4.69, 9.17) is 14.4 Å². The number of furan rings is 1. The van der Waals surface area contributed by atoms with Crippen molar-refractivity contribution in [2.24, 2.45) is 15.9 Å². The summed E-state index contributed by atoms with van der Waals surface area (Å²) in [5.41, 5.74) is 9.61. The average Bonchev–Trinajstić information content (AvgIpc) is 3.79. The largest absolute Gasteiger partial charge is 0.456 e. The van der Waals surface area contributed by atoms with Crippen LogP contribution in [0, 0.1) is 5.92 Å². The minimum Gasteiger partial charge on any atom is -0.456 e. The van der Waals surface area contributed by atoms with Crippen LogP contribution in [0.2, 0.25) is 0 Å². The van der Waals surface area contributed by atoms with E-state index < -0.39 is 0 Å². The van der Waals surface area contributed by atoms with Gasteiger partial charge in [-0.25, -0.2) is 9.98 Å². The van der Waals surface area contributed by atoms with Gasteiger partial charge in [0.05, 0.1) is 0 Å². The fourth-order valence-electron chi connectivity index (χ4n) is 8.21. The molecule has 2 aromatic heterocycles. The first-order valence-electron chi connectivity index (χ1n) is 17.8. The van der Waals surface area contributed by atoms with Crippen LogP contribution < -0.4 is 5.32 Å². The molecule has 0 amide bonds. The lowest BCUT2D eigenvalue weighted by Crippen LogP contribution is -2.33. The van der Waals surface area contributed by atoms with Crippen LogP contribution in [-0.4, -0.2) is 11.7 Å². The van der Waals surface area contributed by atoms with Gasteiger partial charge in [0.2, 0.25) is 0 Å². The molecule has 3 atom stereocenters. The number of nitrogens with zero attached hydrogens (tertiary/aromatic N) is 2. The fraction of sp³-hybridized carbons (Fsp3) is 0.0638. The van der Waals surface area contributed by atoms with Crippen LogP contribution in [-0.2, 0) is 0 Å². The van der Waals surface area contributed by atoms with Gasteiger partial charge < -0.3 is 9.73 Å². The van der Waals surface area contributed by atoms with Crippen molar-refractivity contribution in [3.63, 3.8) is 0 Å². The number of amidine groups is 2. The van der Waals surface area contributed by atoms with Gasteiger partial charge in [-0.05, 0) is 58.1 Å². The maximum atomic E-state index is 6.58. The Bertz CT molecular complexity index is 2900. The van der Waals surface area contributed by atoms with Crippen molar-refractivity contribution >= 4 is 71.2 Å². The normalized spacial score (nSPS) is 19.1. The number of rotatable bonds is 4. The number of hydrogen-bond donors (Lipinski definition) is 1. The molecule has 5 heteroatoms. The first kappa shape index (κ1) is 29.4. The van der Waals surface area contributed by atoms with Crippen molar-refractivity contribution in [2.45, 2.75) is 12.1 Å². The van der Waals surface area contributed by atoms with Gasteiger partial charge in [0.15, 0.2) is 5.84 Å². The number of allylic oxidation sites excluding steroid dienone is 5. The molecule has 8 aromatic rings. The zero-order valence-corrected chi connectivity index (χ0v) is 28.8. The Labute approximate surface area is 304 Å². The molecular weight excluding hydrogens is 655 g/mol. The van der Waals surface area contributed by atoms with Crippen LogP contribution in [0.1, 0.15) is 39.9 Å². The number of hydrogen-bond acceptors (Lipinski definition) is 5. The quantitative estimate of drug-likeness (QED) is 0.200. The standard InChI is InChI=1S/C47H31N3OS/c1-2-11-29(12-3-1)45-48-46(32-23-24-34-30(26-32)21-20-28-10-4-5-13-33(28)34)50-47(49-45)38-16-9-18-40-44(38)43-35(15-8-17-39(43)51-40)31-22-25-37-36-14-6-7-19-41(36)52-42(37)27-31/h1-28,33,45H,(H,48,49,50). The highest BCUT2D eigenvalue weighted by molar-refractivity contribution is 7.25. The summed E-state index contributed by atoms with van der Waals surface area (Å²) in [5, 5.41) is 8.44. The van der Waals surface area contributed by atoms with E-state index in [1.807, 2.05) is 17.4 Å². The van der Waals surface area contributed by atoms with E-state index >= 15 is 0 Å². The summed E-state index contributed by atoms with van der Waals surface area (Å²) in [4.78, 5) is 10.5. The van der Waals surface area contributed by atoms with Gasteiger partial charge in [-0.3, -0.25) is 0 Å². The molecule has 1 aliphatic heterocycles. The fourth-order valence-corrected chi connectivity index (χ4v) is 9.36. The molecule has 3 heterocycles. The molecule has 52 heavy (non-hydrogen) atoms. The molecule has 3 aliphatic rings. The summed E-state index contributed by atoms with van der Waals surface area (Å²) in [6.45, 7) is 0. The highest BCUT2D eigenvalue weighted by atomic mass is 32.1. The topological polar surface area (TPSA) is 49.9 Å². The molecule has 2 aliphatic carbocycles. The van der Waals surface area contributed by atoms with E-state index in [1.165, 1.54) is 31.3 Å². The summed E-state index contributed by atoms with van der Waals surface area (Å²) < 4.78 is 9.16. The molecule has 0 saturated heterocycles. The molecule has 6 aromatic carbocycles. The Balaban J connectivity index is 1.08. The minimum atomic E-state index is -0.311. The Morgan fingerprint density at radius 3 is 2.29 bits per heavy atom. The summed E-state index contributed by atoms with van der Waals surface area (Å²) >= 11 is 1.84. The van der Waals surface area contributed by atoms with E-state index in [-0.39, 0.29) is 6.17 Å². The summed E-state index contributed by atoms with van der Waals surface area (Å²) in [6.07, 6.45) is 13.1. The van der Waals surface area contributed by atoms with Crippen LogP contribution in [0.4, 0.5) is 0 Å². The third kappa shape index (κ3) is 4.66. The van der Waals surface area contributed by atoms with Gasteiger partial charge in [0.25, 0.3) is 0 Å². The summed E-state index contributed by atoms with van der Waals surface area (Å²) in [7, 11) is 0. The van der Waals surface area contributed by atoms with Crippen molar-refractivity contribution in [3.05, 3.63) is 186 Å². The van der Waals surface area contributed by atoms with Gasteiger partial charge in [-0.1, -0.05) is 134 Å². The summed E-state index contributed by atoms with van der Waals surface area (Å²) in [6, 6.07) is 45.2. The van der Waals surface area contributed by atoms with Crippen LogP contribution in [0.25, 0.3) is 59.3 Å². The van der Waals surface area contributed by atoms with E-state index in [2.05, 4.69) is 163 Å². The van der Waals surface area contributed by atoms with Crippen molar-refractivity contribution in [2.75, 3.05) is 0 Å². The Kier molecular flexibility index (Phi) is 6.58. The van der Waals surface area contributed by atoms with E-state index in [0.29, 0.717) is 17.7 Å². The zero-order valence-electron chi connectivity index (χ0n) is 28.0. The lowest BCUT2D eigenvalue weighted by Gasteiger charge is -2.28. The Morgan fingerprint density at radius 1 is 0.615 bits per heavy atom. The highest BCUT2D eigenvalue weighted by Gasteiger charge is 2.27. The molecule has 11 rings (SSSR count). The van der Waals surface area contributed by atoms with Gasteiger partial charge >= 0.3 is 0 Å². The molecule has 0 radical (unpaired) electrons. The molecule has 4 nitrogen and oxygen atoms in total. The number of fused-ring (bicyclic) bond motifs is 9. The van der Waals surface area contributed by atoms with Crippen LogP contribution in [0.5, 0.6) is 0 Å². The van der Waals surface area contributed by atoms with Gasteiger partial charge in [0, 0.05) is 53.9 Å². The second-order valence-electron chi connectivity index (χ2n) is 13.7. The smallest absolute Gasteiger partial charge is 0.159 e. The lowest BCUT2D eigenvalue weighted by atomic mass is 9.77. The van der Waals surface area contributed by atoms with Crippen LogP contribution in [0.15, 0.2) is 172 Å². The summed E-state index contributed by atoms with van der Waals surface area (Å²) in [5.74, 6) is 2.23. The van der Waals surface area contributed by atoms with Crippen molar-refractivity contribution in [3.8, 4) is 11.1 Å². The zero-order chi connectivity index (χ0) is 34.2. The number of aliphatic imine (C=N–C) groups is 2. The van der Waals surface area contributed by atoms with E-state index in [9.17, 15) is 0 Å². The van der Waals surface area contributed by atoms with Crippen molar-refractivity contribution in [1.29, 1.82) is 0 Å². The molecule has 3 unspecified atom stereocenters. The second-order valence-corrected chi connectivity index (χ2v) is 14.8. The average molecular weight is 686 g/mol. The number of benzene rings is 6. The van der Waals surface area contributed by atoms with E-state index in [1.54, 1.807) is 0 Å². The first-order valence-corrected chi connectivity index (χ1v) is 18.6. The Morgan fingerprint density at radius 2 is 1.38 bits per heavy atom. The molecule has 0 saturated carbocycles. The molecular formula is C47H31N3OS. The lowest BCUT2D eigenvalue weighted by molar-refractivity contribution is 0.667. The van der Waals surface area contributed by atoms with Crippen LogP contribution in [0.3, 0.4) is 0 Å². The predicted molar refractivity (Wildman–Crippen MR) is 217 cm³/mol. The third-order valence-corrected chi connectivity index (χ3v) is 11.8. The van der Waals surface area contributed by atoms with Crippen molar-refractivity contribution in [1.82, 2.24) is 5.32 Å². The molecule has 0 spiro atoms. The van der Waals surface area contributed by atoms with Gasteiger partial charge in [-0.2, -0.15) is 0 Å². The Hall–Kier alpha value is -6.30. The van der Waals surface area contributed by atoms with Crippen molar-refractivity contribution < 1.29 is 4.42 Å².